The van der Waals surface area contributed by atoms with E-state index in [1.807, 2.05) is 30.3 Å². The third kappa shape index (κ3) is 4.53. The number of piperazine rings is 1. The quantitative estimate of drug-likeness (QED) is 0.919. The maximum Gasteiger partial charge on any atom is 0.123 e. The van der Waals surface area contributed by atoms with Gasteiger partial charge in [-0.05, 0) is 36.2 Å². The van der Waals surface area contributed by atoms with Crippen molar-refractivity contribution in [2.24, 2.45) is 0 Å². The van der Waals surface area contributed by atoms with E-state index in [0.29, 0.717) is 13.0 Å². The highest BCUT2D eigenvalue weighted by Crippen LogP contribution is 2.17. The van der Waals surface area contributed by atoms with E-state index in [-0.39, 0.29) is 11.9 Å². The summed E-state index contributed by atoms with van der Waals surface area (Å²) in [5.74, 6) is -0.198. The van der Waals surface area contributed by atoms with Gasteiger partial charge in [0.25, 0.3) is 0 Å². The van der Waals surface area contributed by atoms with Crippen molar-refractivity contribution < 1.29 is 9.50 Å². The highest BCUT2D eigenvalue weighted by molar-refractivity contribution is 5.46. The Labute approximate surface area is 137 Å². The number of benzene rings is 2. The molecule has 2 aromatic rings. The third-order valence-electron chi connectivity index (χ3n) is 4.35. The zero-order valence-corrected chi connectivity index (χ0v) is 13.2. The van der Waals surface area contributed by atoms with Crippen molar-refractivity contribution in [1.29, 1.82) is 0 Å². The highest BCUT2D eigenvalue weighted by atomic mass is 19.1. The van der Waals surface area contributed by atoms with Crippen LogP contribution >= 0.6 is 0 Å². The summed E-state index contributed by atoms with van der Waals surface area (Å²) in [7, 11) is 0. The molecule has 3 rings (SSSR count). The minimum Gasteiger partial charge on any atom is -0.391 e. The van der Waals surface area contributed by atoms with Crippen molar-refractivity contribution >= 4 is 5.69 Å². The Morgan fingerprint density at radius 2 is 1.57 bits per heavy atom. The molecule has 1 fully saturated rings. The molecule has 0 amide bonds. The van der Waals surface area contributed by atoms with E-state index in [4.69, 9.17) is 0 Å². The fourth-order valence-corrected chi connectivity index (χ4v) is 3.09. The van der Waals surface area contributed by atoms with E-state index < -0.39 is 0 Å². The van der Waals surface area contributed by atoms with E-state index >= 15 is 0 Å². The maximum absolute atomic E-state index is 13.0. The molecule has 1 heterocycles. The lowest BCUT2D eigenvalue weighted by molar-refractivity contribution is 0.109. The summed E-state index contributed by atoms with van der Waals surface area (Å²) in [6, 6.07) is 16.8. The molecule has 1 saturated heterocycles. The highest BCUT2D eigenvalue weighted by Gasteiger charge is 2.19. The van der Waals surface area contributed by atoms with Crippen LogP contribution in [0, 0.1) is 5.82 Å². The first-order chi connectivity index (χ1) is 11.2. The molecule has 0 aliphatic carbocycles. The molecule has 122 valence electrons. The molecule has 1 aliphatic rings. The second-order valence-corrected chi connectivity index (χ2v) is 6.11. The van der Waals surface area contributed by atoms with Gasteiger partial charge < -0.3 is 10.0 Å². The molecule has 3 nitrogen and oxygen atoms in total. The first kappa shape index (κ1) is 16.0. The maximum atomic E-state index is 13.0. The number of hydrogen-bond acceptors (Lipinski definition) is 3. The van der Waals surface area contributed by atoms with Gasteiger partial charge in [0, 0.05) is 38.4 Å². The van der Waals surface area contributed by atoms with Crippen molar-refractivity contribution in [2.45, 2.75) is 12.5 Å². The van der Waals surface area contributed by atoms with Gasteiger partial charge in [0.2, 0.25) is 0 Å². The van der Waals surface area contributed by atoms with Crippen LogP contribution in [0.4, 0.5) is 10.1 Å². The topological polar surface area (TPSA) is 26.7 Å². The van der Waals surface area contributed by atoms with Crippen LogP contribution in [0.3, 0.4) is 0 Å². The standard InChI is InChI=1S/C19H23FN2O/c20-17-6-8-18(9-7-17)22-12-10-21(11-13-22)15-19(23)14-16-4-2-1-3-5-16/h1-9,19,23H,10-15H2. The molecule has 0 aromatic heterocycles. The number of β-amino-alcohol motifs (C(OH)–C–C–N with tert-alkyl or cyclic N) is 1. The molecular formula is C19H23FN2O. The molecule has 4 heteroatoms. The Hall–Kier alpha value is -1.91. The second kappa shape index (κ2) is 7.57. The molecule has 0 spiro atoms. The van der Waals surface area contributed by atoms with Crippen LogP contribution in [0.5, 0.6) is 0 Å². The van der Waals surface area contributed by atoms with Crippen molar-refractivity contribution in [1.82, 2.24) is 4.90 Å². The number of aliphatic hydroxyl groups excluding tert-OH is 1. The van der Waals surface area contributed by atoms with Gasteiger partial charge in [-0.3, -0.25) is 4.90 Å². The predicted octanol–water partition coefficient (Wildman–Crippen LogP) is 2.55. The number of nitrogens with zero attached hydrogens (tertiary/aromatic N) is 2. The monoisotopic (exact) mass is 314 g/mol. The van der Waals surface area contributed by atoms with Crippen LogP contribution in [0.25, 0.3) is 0 Å². The van der Waals surface area contributed by atoms with Gasteiger partial charge >= 0.3 is 0 Å². The molecular weight excluding hydrogens is 291 g/mol. The van der Waals surface area contributed by atoms with Crippen molar-refractivity contribution in [3.05, 3.63) is 66.0 Å². The molecule has 0 radical (unpaired) electrons. The van der Waals surface area contributed by atoms with E-state index in [2.05, 4.69) is 21.9 Å². The molecule has 0 saturated carbocycles. The number of hydrogen-bond donors (Lipinski definition) is 1. The van der Waals surface area contributed by atoms with Crippen LogP contribution in [0.15, 0.2) is 54.6 Å². The first-order valence-electron chi connectivity index (χ1n) is 8.15. The van der Waals surface area contributed by atoms with E-state index in [0.717, 1.165) is 31.9 Å². The number of rotatable bonds is 5. The largest absolute Gasteiger partial charge is 0.391 e. The lowest BCUT2D eigenvalue weighted by Gasteiger charge is -2.37. The molecule has 1 aliphatic heterocycles. The minimum atomic E-state index is -0.338. The van der Waals surface area contributed by atoms with Crippen molar-refractivity contribution in [2.75, 3.05) is 37.6 Å². The van der Waals surface area contributed by atoms with Crippen LogP contribution in [0.1, 0.15) is 5.56 Å². The summed E-state index contributed by atoms with van der Waals surface area (Å²) in [5.41, 5.74) is 2.24. The molecule has 23 heavy (non-hydrogen) atoms. The third-order valence-corrected chi connectivity index (χ3v) is 4.35. The Kier molecular flexibility index (Phi) is 5.26. The van der Waals surface area contributed by atoms with Crippen molar-refractivity contribution in [3.63, 3.8) is 0 Å². The Bertz CT molecular complexity index is 595. The number of anilines is 1. The van der Waals surface area contributed by atoms with Crippen LogP contribution in [0.2, 0.25) is 0 Å². The number of aliphatic hydroxyl groups is 1. The van der Waals surface area contributed by atoms with Gasteiger partial charge in [-0.1, -0.05) is 30.3 Å². The minimum absolute atomic E-state index is 0.198. The SMILES string of the molecule is OC(Cc1ccccc1)CN1CCN(c2ccc(F)cc2)CC1. The lowest BCUT2D eigenvalue weighted by atomic mass is 10.1. The first-order valence-corrected chi connectivity index (χ1v) is 8.15. The summed E-state index contributed by atoms with van der Waals surface area (Å²) in [4.78, 5) is 4.56. The molecule has 1 atom stereocenters. The normalized spacial score (nSPS) is 17.2. The van der Waals surface area contributed by atoms with E-state index in [1.165, 1.54) is 17.7 Å². The van der Waals surface area contributed by atoms with Gasteiger partial charge in [-0.15, -0.1) is 0 Å². The zero-order valence-electron chi connectivity index (χ0n) is 13.2. The molecule has 1 unspecified atom stereocenters. The average molecular weight is 314 g/mol. The Morgan fingerprint density at radius 1 is 0.913 bits per heavy atom. The number of halogens is 1. The second-order valence-electron chi connectivity index (χ2n) is 6.11. The average Bonchev–Trinajstić information content (AvgIpc) is 2.57. The van der Waals surface area contributed by atoms with Gasteiger partial charge in [0.05, 0.1) is 6.10 Å². The summed E-state index contributed by atoms with van der Waals surface area (Å²) >= 11 is 0. The summed E-state index contributed by atoms with van der Waals surface area (Å²) < 4.78 is 13.0. The van der Waals surface area contributed by atoms with Crippen LogP contribution < -0.4 is 4.90 Å². The molecule has 1 N–H and O–H groups in total. The van der Waals surface area contributed by atoms with Gasteiger partial charge in [0.1, 0.15) is 5.82 Å². The fraction of sp³-hybridized carbons (Fsp3) is 0.368. The van der Waals surface area contributed by atoms with E-state index in [1.54, 1.807) is 0 Å². The summed E-state index contributed by atoms with van der Waals surface area (Å²) in [6.07, 6.45) is 0.355. The smallest absolute Gasteiger partial charge is 0.123 e. The van der Waals surface area contributed by atoms with Gasteiger partial charge in [-0.25, -0.2) is 4.39 Å². The predicted molar refractivity (Wildman–Crippen MR) is 91.2 cm³/mol. The van der Waals surface area contributed by atoms with E-state index in [9.17, 15) is 9.50 Å². The summed E-state index contributed by atoms with van der Waals surface area (Å²) in [6.45, 7) is 4.35. The molecule has 0 bridgehead atoms. The van der Waals surface area contributed by atoms with Gasteiger partial charge in [0.15, 0.2) is 0 Å². The molecule has 2 aromatic carbocycles. The van der Waals surface area contributed by atoms with Crippen molar-refractivity contribution in [3.8, 4) is 0 Å². The van der Waals surface area contributed by atoms with Gasteiger partial charge in [-0.2, -0.15) is 0 Å². The van der Waals surface area contributed by atoms with Crippen LogP contribution in [-0.4, -0.2) is 48.8 Å². The fourth-order valence-electron chi connectivity index (χ4n) is 3.09. The Morgan fingerprint density at radius 3 is 2.22 bits per heavy atom. The van der Waals surface area contributed by atoms with Crippen LogP contribution in [-0.2, 0) is 6.42 Å². The zero-order chi connectivity index (χ0) is 16.1. The Balaban J connectivity index is 1.46. The summed E-state index contributed by atoms with van der Waals surface area (Å²) in [5, 5.41) is 10.3. The lowest BCUT2D eigenvalue weighted by Crippen LogP contribution is -2.48.